The van der Waals surface area contributed by atoms with Crippen molar-refractivity contribution in [1.82, 2.24) is 0 Å². The van der Waals surface area contributed by atoms with Gasteiger partial charge in [0, 0.05) is 0 Å². The van der Waals surface area contributed by atoms with Gasteiger partial charge in [-0.05, 0) is 11.1 Å². The molecule has 0 N–H and O–H groups in total. The van der Waals surface area contributed by atoms with Gasteiger partial charge in [0.2, 0.25) is 0 Å². The number of nitrogens with zero attached hydrogens (tertiary/aromatic N) is 2. The molecule has 1 aliphatic rings. The van der Waals surface area contributed by atoms with Crippen molar-refractivity contribution in [3.05, 3.63) is 71.8 Å². The summed E-state index contributed by atoms with van der Waals surface area (Å²) in [6, 6.07) is 19.7. The second-order valence-corrected chi connectivity index (χ2v) is 4.36. The Labute approximate surface area is 105 Å². The number of hydrogen-bond donors (Lipinski definition) is 0. The fraction of sp³-hybridized carbons (Fsp3) is 0.133. The van der Waals surface area contributed by atoms with E-state index in [0.717, 1.165) is 11.1 Å². The van der Waals surface area contributed by atoms with Gasteiger partial charge in [-0.25, -0.2) is 0 Å². The fourth-order valence-corrected chi connectivity index (χ4v) is 2.34. The smallest absolute Gasteiger partial charge is 0.267 e. The van der Waals surface area contributed by atoms with Crippen LogP contribution in [0.1, 0.15) is 17.5 Å². The van der Waals surface area contributed by atoms with Crippen LogP contribution in [0.15, 0.2) is 70.9 Å². The van der Waals surface area contributed by atoms with E-state index in [9.17, 15) is 4.79 Å². The van der Waals surface area contributed by atoms with E-state index in [4.69, 9.17) is 0 Å². The van der Waals surface area contributed by atoms with Gasteiger partial charge in [0.15, 0.2) is 0 Å². The van der Waals surface area contributed by atoms with Gasteiger partial charge in [-0.3, -0.25) is 4.79 Å². The fourth-order valence-electron chi connectivity index (χ4n) is 2.34. The highest BCUT2D eigenvalue weighted by molar-refractivity contribution is 5.81. The van der Waals surface area contributed by atoms with Gasteiger partial charge in [0.25, 0.3) is 5.91 Å². The summed E-state index contributed by atoms with van der Waals surface area (Å²) < 4.78 is 0. The third kappa shape index (κ3) is 1.64. The molecule has 2 aromatic rings. The van der Waals surface area contributed by atoms with E-state index in [1.165, 1.54) is 0 Å². The molecule has 1 heterocycles. The van der Waals surface area contributed by atoms with Crippen molar-refractivity contribution in [3.8, 4) is 0 Å². The summed E-state index contributed by atoms with van der Waals surface area (Å²) in [6.45, 7) is 0. The predicted molar refractivity (Wildman–Crippen MR) is 68.1 cm³/mol. The molecule has 3 rings (SSSR count). The first kappa shape index (κ1) is 10.8. The minimum Gasteiger partial charge on any atom is -0.271 e. The molecule has 0 radical (unpaired) electrons. The van der Waals surface area contributed by atoms with Crippen molar-refractivity contribution in [1.29, 1.82) is 0 Å². The molecule has 0 bridgehead atoms. The maximum atomic E-state index is 11.5. The van der Waals surface area contributed by atoms with E-state index >= 15 is 0 Å². The Morgan fingerprint density at radius 3 is 1.72 bits per heavy atom. The zero-order chi connectivity index (χ0) is 12.4. The summed E-state index contributed by atoms with van der Waals surface area (Å²) in [7, 11) is 0. The second-order valence-electron chi connectivity index (χ2n) is 4.36. The molecule has 1 amide bonds. The van der Waals surface area contributed by atoms with E-state index < -0.39 is 5.54 Å². The van der Waals surface area contributed by atoms with Gasteiger partial charge in [-0.1, -0.05) is 60.7 Å². The van der Waals surface area contributed by atoms with Gasteiger partial charge in [-0.15, -0.1) is 5.11 Å². The standard InChI is InChI=1S/C15H12N2O/c18-14-11-15(17-16-14,12-7-3-1-4-8-12)13-9-5-2-6-10-13/h1-10H,11H2. The van der Waals surface area contributed by atoms with Gasteiger partial charge >= 0.3 is 0 Å². The quantitative estimate of drug-likeness (QED) is 0.788. The summed E-state index contributed by atoms with van der Waals surface area (Å²) in [6.07, 6.45) is 0.307. The van der Waals surface area contributed by atoms with Crippen LogP contribution in [0.2, 0.25) is 0 Å². The van der Waals surface area contributed by atoms with Crippen LogP contribution in [-0.2, 0) is 10.3 Å². The van der Waals surface area contributed by atoms with Crippen molar-refractivity contribution in [2.45, 2.75) is 12.0 Å². The molecule has 0 spiro atoms. The van der Waals surface area contributed by atoms with E-state index in [2.05, 4.69) is 10.2 Å². The molecule has 0 aliphatic carbocycles. The van der Waals surface area contributed by atoms with Crippen LogP contribution in [0.25, 0.3) is 0 Å². The van der Waals surface area contributed by atoms with E-state index in [1.807, 2.05) is 60.7 Å². The molecule has 3 heteroatoms. The predicted octanol–water partition coefficient (Wildman–Crippen LogP) is 3.31. The third-order valence-corrected chi connectivity index (χ3v) is 3.24. The van der Waals surface area contributed by atoms with Crippen LogP contribution in [0.4, 0.5) is 0 Å². The highest BCUT2D eigenvalue weighted by Gasteiger charge is 2.40. The Hall–Kier alpha value is -2.29. The molecule has 0 fully saturated rings. The Morgan fingerprint density at radius 1 is 0.833 bits per heavy atom. The molecule has 0 atom stereocenters. The zero-order valence-electron chi connectivity index (χ0n) is 9.78. The summed E-state index contributed by atoms with van der Waals surface area (Å²) in [5.74, 6) is -0.164. The highest BCUT2D eigenvalue weighted by atomic mass is 16.2. The lowest BCUT2D eigenvalue weighted by atomic mass is 9.81. The zero-order valence-corrected chi connectivity index (χ0v) is 9.78. The van der Waals surface area contributed by atoms with E-state index in [0.29, 0.717) is 6.42 Å². The average molecular weight is 236 g/mol. The van der Waals surface area contributed by atoms with Crippen molar-refractivity contribution in [3.63, 3.8) is 0 Å². The summed E-state index contributed by atoms with van der Waals surface area (Å²) in [5.41, 5.74) is 1.37. The second kappa shape index (κ2) is 4.18. The number of azo groups is 1. The van der Waals surface area contributed by atoms with Crippen LogP contribution in [0.5, 0.6) is 0 Å². The van der Waals surface area contributed by atoms with Crippen molar-refractivity contribution < 1.29 is 4.79 Å². The lowest BCUT2D eigenvalue weighted by molar-refractivity contribution is -0.117. The van der Waals surface area contributed by atoms with Gasteiger partial charge in [0.1, 0.15) is 5.54 Å². The largest absolute Gasteiger partial charge is 0.271 e. The molecule has 88 valence electrons. The van der Waals surface area contributed by atoms with Crippen LogP contribution >= 0.6 is 0 Å². The van der Waals surface area contributed by atoms with Crippen molar-refractivity contribution in [2.75, 3.05) is 0 Å². The number of hydrogen-bond acceptors (Lipinski definition) is 2. The molecule has 0 aromatic heterocycles. The van der Waals surface area contributed by atoms with Crippen molar-refractivity contribution >= 4 is 5.91 Å². The Morgan fingerprint density at radius 2 is 1.33 bits per heavy atom. The molecule has 1 aliphatic heterocycles. The van der Waals surface area contributed by atoms with E-state index in [-0.39, 0.29) is 5.91 Å². The topological polar surface area (TPSA) is 41.8 Å². The van der Waals surface area contributed by atoms with Gasteiger partial charge in [0.05, 0.1) is 6.42 Å². The maximum Gasteiger partial charge on any atom is 0.267 e. The third-order valence-electron chi connectivity index (χ3n) is 3.24. The average Bonchev–Trinajstić information content (AvgIpc) is 2.84. The van der Waals surface area contributed by atoms with Crippen LogP contribution < -0.4 is 0 Å². The Balaban J connectivity index is 2.18. The SMILES string of the molecule is O=C1CC(c2ccccc2)(c2ccccc2)N=N1. The number of carbonyl (C=O) groups is 1. The molecular formula is C15H12N2O. The lowest BCUT2D eigenvalue weighted by Gasteiger charge is -2.24. The van der Waals surface area contributed by atoms with Gasteiger partial charge in [-0.2, -0.15) is 5.11 Å². The molecule has 18 heavy (non-hydrogen) atoms. The number of carbonyl (C=O) groups excluding carboxylic acids is 1. The molecule has 0 saturated heterocycles. The first-order valence-corrected chi connectivity index (χ1v) is 5.88. The maximum absolute atomic E-state index is 11.5. The molecular weight excluding hydrogens is 224 g/mol. The van der Waals surface area contributed by atoms with Gasteiger partial charge < -0.3 is 0 Å². The molecule has 3 nitrogen and oxygen atoms in total. The minimum absolute atomic E-state index is 0.164. The van der Waals surface area contributed by atoms with Crippen molar-refractivity contribution in [2.24, 2.45) is 10.2 Å². The molecule has 0 unspecified atom stereocenters. The first-order valence-electron chi connectivity index (χ1n) is 5.88. The number of rotatable bonds is 2. The molecule has 0 saturated carbocycles. The first-order chi connectivity index (χ1) is 8.81. The highest BCUT2D eigenvalue weighted by Crippen LogP contribution is 2.40. The monoisotopic (exact) mass is 236 g/mol. The normalized spacial score (nSPS) is 17.0. The summed E-state index contributed by atoms with van der Waals surface area (Å²) >= 11 is 0. The van der Waals surface area contributed by atoms with Crippen LogP contribution in [0.3, 0.4) is 0 Å². The minimum atomic E-state index is -0.639. The summed E-state index contributed by atoms with van der Waals surface area (Å²) in [4.78, 5) is 11.5. The Kier molecular flexibility index (Phi) is 2.52. The van der Waals surface area contributed by atoms with Crippen LogP contribution in [-0.4, -0.2) is 5.91 Å². The van der Waals surface area contributed by atoms with Crippen LogP contribution in [0, 0.1) is 0 Å². The number of amides is 1. The molecule has 2 aromatic carbocycles. The number of benzene rings is 2. The van der Waals surface area contributed by atoms with E-state index in [1.54, 1.807) is 0 Å². The Bertz CT molecular complexity index is 551. The summed E-state index contributed by atoms with van der Waals surface area (Å²) in [5, 5.41) is 7.99. The lowest BCUT2D eigenvalue weighted by Crippen LogP contribution is -2.23.